The van der Waals surface area contributed by atoms with Crippen LogP contribution in [0.4, 0.5) is 0 Å². The minimum atomic E-state index is -3.49. The SMILES string of the molecule is O=C(NO)c1ccc2ncn(Cc3cccc(-c4ccc(S(=O)(=O)N5CCCCC5)cc4)c3)c(=O)c2c1. The molecule has 0 unspecified atom stereocenters. The molecule has 1 aliphatic rings. The van der Waals surface area contributed by atoms with Crippen LogP contribution in [0.2, 0.25) is 0 Å². The molecule has 1 aliphatic heterocycles. The van der Waals surface area contributed by atoms with Gasteiger partial charge in [-0.3, -0.25) is 19.4 Å². The normalized spacial score (nSPS) is 14.5. The second kappa shape index (κ2) is 10.3. The topological polar surface area (TPSA) is 122 Å². The number of hydroxylamine groups is 1. The van der Waals surface area contributed by atoms with Crippen molar-refractivity contribution in [1.29, 1.82) is 0 Å². The summed E-state index contributed by atoms with van der Waals surface area (Å²) in [7, 11) is -3.49. The minimum absolute atomic E-state index is 0.152. The van der Waals surface area contributed by atoms with E-state index in [1.807, 2.05) is 24.3 Å². The average Bonchev–Trinajstić information content (AvgIpc) is 2.94. The Bertz CT molecular complexity index is 1630. The first kappa shape index (κ1) is 24.8. The lowest BCUT2D eigenvalue weighted by Gasteiger charge is -2.25. The Balaban J connectivity index is 1.40. The quantitative estimate of drug-likeness (QED) is 0.298. The number of hydrogen-bond donors (Lipinski definition) is 2. The van der Waals surface area contributed by atoms with Gasteiger partial charge in [0, 0.05) is 18.7 Å². The van der Waals surface area contributed by atoms with E-state index in [9.17, 15) is 18.0 Å². The van der Waals surface area contributed by atoms with Gasteiger partial charge in [-0.1, -0.05) is 36.8 Å². The molecule has 2 heterocycles. The number of carbonyl (C=O) groups is 1. The number of piperidine rings is 1. The number of nitrogens with zero attached hydrogens (tertiary/aromatic N) is 3. The first-order chi connectivity index (χ1) is 17.9. The smallest absolute Gasteiger partial charge is 0.274 e. The summed E-state index contributed by atoms with van der Waals surface area (Å²) in [4.78, 5) is 29.4. The molecule has 10 heteroatoms. The van der Waals surface area contributed by atoms with Crippen molar-refractivity contribution in [3.05, 3.63) is 94.5 Å². The van der Waals surface area contributed by atoms with E-state index in [1.54, 1.807) is 40.1 Å². The molecule has 0 saturated carbocycles. The third-order valence-corrected chi connectivity index (χ3v) is 8.52. The van der Waals surface area contributed by atoms with Crippen molar-refractivity contribution in [2.75, 3.05) is 13.1 Å². The van der Waals surface area contributed by atoms with Gasteiger partial charge in [-0.25, -0.2) is 18.9 Å². The number of nitrogens with one attached hydrogen (secondary N) is 1. The Morgan fingerprint density at radius 3 is 2.43 bits per heavy atom. The van der Waals surface area contributed by atoms with Gasteiger partial charge < -0.3 is 0 Å². The third-order valence-electron chi connectivity index (χ3n) is 6.61. The summed E-state index contributed by atoms with van der Waals surface area (Å²) in [6, 6.07) is 19.0. The zero-order valence-corrected chi connectivity index (χ0v) is 20.8. The molecule has 1 amide bonds. The summed E-state index contributed by atoms with van der Waals surface area (Å²) in [6.45, 7) is 1.38. The van der Waals surface area contributed by atoms with Crippen molar-refractivity contribution >= 4 is 26.8 Å². The van der Waals surface area contributed by atoms with Gasteiger partial charge in [0.25, 0.3) is 11.5 Å². The highest BCUT2D eigenvalue weighted by Crippen LogP contribution is 2.25. The van der Waals surface area contributed by atoms with Crippen LogP contribution in [0, 0.1) is 0 Å². The molecule has 2 N–H and O–H groups in total. The number of aromatic nitrogens is 2. The van der Waals surface area contributed by atoms with Gasteiger partial charge in [-0.2, -0.15) is 4.31 Å². The van der Waals surface area contributed by atoms with Crippen LogP contribution in [-0.4, -0.2) is 46.5 Å². The number of amides is 1. The predicted octanol–water partition coefficient (Wildman–Crippen LogP) is 3.41. The molecule has 37 heavy (non-hydrogen) atoms. The Kier molecular flexibility index (Phi) is 6.88. The zero-order valence-electron chi connectivity index (χ0n) is 20.0. The molecular formula is C27H26N4O5S. The van der Waals surface area contributed by atoms with E-state index < -0.39 is 15.9 Å². The number of hydrogen-bond acceptors (Lipinski definition) is 6. The lowest BCUT2D eigenvalue weighted by atomic mass is 10.0. The van der Waals surface area contributed by atoms with E-state index in [-0.39, 0.29) is 27.9 Å². The van der Waals surface area contributed by atoms with E-state index in [1.165, 1.54) is 23.0 Å². The van der Waals surface area contributed by atoms with Crippen LogP contribution in [0.5, 0.6) is 0 Å². The molecule has 0 atom stereocenters. The first-order valence-corrected chi connectivity index (χ1v) is 13.4. The molecule has 4 aromatic rings. The molecule has 190 valence electrons. The van der Waals surface area contributed by atoms with Crippen molar-refractivity contribution in [3.63, 3.8) is 0 Å². The highest BCUT2D eigenvalue weighted by atomic mass is 32.2. The molecule has 5 rings (SSSR count). The van der Waals surface area contributed by atoms with Gasteiger partial charge in [0.2, 0.25) is 10.0 Å². The van der Waals surface area contributed by atoms with E-state index in [4.69, 9.17) is 5.21 Å². The molecule has 1 fully saturated rings. The summed E-state index contributed by atoms with van der Waals surface area (Å²) >= 11 is 0. The van der Waals surface area contributed by atoms with Crippen LogP contribution in [0.1, 0.15) is 35.2 Å². The molecule has 1 saturated heterocycles. The van der Waals surface area contributed by atoms with Crippen molar-refractivity contribution in [1.82, 2.24) is 19.3 Å². The van der Waals surface area contributed by atoms with Crippen molar-refractivity contribution in [2.45, 2.75) is 30.7 Å². The van der Waals surface area contributed by atoms with E-state index >= 15 is 0 Å². The number of rotatable bonds is 6. The largest absolute Gasteiger partial charge is 0.294 e. The Morgan fingerprint density at radius 2 is 1.70 bits per heavy atom. The van der Waals surface area contributed by atoms with Crippen molar-refractivity contribution in [2.24, 2.45) is 0 Å². The zero-order chi connectivity index (χ0) is 26.0. The molecule has 1 aromatic heterocycles. The summed E-state index contributed by atoms with van der Waals surface area (Å²) in [6.07, 6.45) is 4.30. The van der Waals surface area contributed by atoms with Crippen molar-refractivity contribution < 1.29 is 18.4 Å². The van der Waals surface area contributed by atoms with E-state index in [0.717, 1.165) is 36.0 Å². The molecule has 9 nitrogen and oxygen atoms in total. The van der Waals surface area contributed by atoms with Crippen LogP contribution in [-0.2, 0) is 16.6 Å². The average molecular weight is 519 g/mol. The summed E-state index contributed by atoms with van der Waals surface area (Å²) < 4.78 is 28.9. The van der Waals surface area contributed by atoms with Crippen LogP contribution >= 0.6 is 0 Å². The fourth-order valence-corrected chi connectivity index (χ4v) is 6.11. The molecule has 0 bridgehead atoms. The minimum Gasteiger partial charge on any atom is -0.294 e. The summed E-state index contributed by atoms with van der Waals surface area (Å²) in [5.74, 6) is -0.709. The maximum Gasteiger partial charge on any atom is 0.274 e. The maximum absolute atomic E-state index is 13.1. The molecule has 0 aliphatic carbocycles. The van der Waals surface area contributed by atoms with Crippen molar-refractivity contribution in [3.8, 4) is 11.1 Å². The van der Waals surface area contributed by atoms with Crippen LogP contribution in [0.15, 0.2) is 82.7 Å². The van der Waals surface area contributed by atoms with Gasteiger partial charge in [0.15, 0.2) is 0 Å². The van der Waals surface area contributed by atoms with E-state index in [0.29, 0.717) is 18.6 Å². The monoisotopic (exact) mass is 518 g/mol. The van der Waals surface area contributed by atoms with Gasteiger partial charge in [-0.05, 0) is 65.9 Å². The number of fused-ring (bicyclic) bond motifs is 1. The lowest BCUT2D eigenvalue weighted by Crippen LogP contribution is -2.35. The van der Waals surface area contributed by atoms with Gasteiger partial charge >= 0.3 is 0 Å². The highest BCUT2D eigenvalue weighted by Gasteiger charge is 2.25. The fraction of sp³-hybridized carbons (Fsp3) is 0.222. The summed E-state index contributed by atoms with van der Waals surface area (Å²) in [5.41, 5.74) is 4.47. The Morgan fingerprint density at radius 1 is 0.946 bits per heavy atom. The maximum atomic E-state index is 13.1. The van der Waals surface area contributed by atoms with Gasteiger partial charge in [0.05, 0.1) is 28.7 Å². The number of benzene rings is 3. The highest BCUT2D eigenvalue weighted by molar-refractivity contribution is 7.89. The first-order valence-electron chi connectivity index (χ1n) is 12.0. The Labute approximate surface area is 214 Å². The van der Waals surface area contributed by atoms with Crippen LogP contribution in [0.3, 0.4) is 0 Å². The van der Waals surface area contributed by atoms with Crippen LogP contribution in [0.25, 0.3) is 22.0 Å². The van der Waals surface area contributed by atoms with Crippen LogP contribution < -0.4 is 11.0 Å². The predicted molar refractivity (Wildman–Crippen MR) is 139 cm³/mol. The molecule has 0 spiro atoms. The summed E-state index contributed by atoms with van der Waals surface area (Å²) in [5, 5.41) is 9.15. The lowest BCUT2D eigenvalue weighted by molar-refractivity contribution is 0.0706. The standard InChI is InChI=1S/C27H26N4O5S/c32-26(29-34)22-9-12-25-24(16-22)27(33)30(18-28-25)17-19-5-4-6-21(15-19)20-7-10-23(11-8-20)37(35,36)31-13-2-1-3-14-31/h4-12,15-16,18,34H,1-3,13-14,17H2,(H,29,32). The Hall–Kier alpha value is -3.86. The second-order valence-electron chi connectivity index (χ2n) is 9.04. The van der Waals surface area contributed by atoms with Gasteiger partial charge in [-0.15, -0.1) is 0 Å². The second-order valence-corrected chi connectivity index (χ2v) is 11.0. The third kappa shape index (κ3) is 5.04. The molecular weight excluding hydrogens is 492 g/mol. The number of sulfonamides is 1. The number of carbonyl (C=O) groups excluding carboxylic acids is 1. The molecule has 0 radical (unpaired) electrons. The fourth-order valence-electron chi connectivity index (χ4n) is 4.60. The molecule has 3 aromatic carbocycles. The van der Waals surface area contributed by atoms with E-state index in [2.05, 4.69) is 4.98 Å². The van der Waals surface area contributed by atoms with Gasteiger partial charge in [0.1, 0.15) is 0 Å².